The van der Waals surface area contributed by atoms with Crippen molar-refractivity contribution in [3.63, 3.8) is 0 Å². The van der Waals surface area contributed by atoms with Crippen LogP contribution in [0.25, 0.3) is 0 Å². The predicted molar refractivity (Wildman–Crippen MR) is 120 cm³/mol. The topological polar surface area (TPSA) is 67.8 Å². The van der Waals surface area contributed by atoms with Gasteiger partial charge in [0.25, 0.3) is 0 Å². The van der Waals surface area contributed by atoms with Crippen molar-refractivity contribution < 1.29 is 9.47 Å². The number of guanidine groups is 1. The Morgan fingerprint density at radius 3 is 2.50 bits per heavy atom. The number of hydrogen-bond acceptors (Lipinski definition) is 4. The molecule has 0 radical (unpaired) electrons. The van der Waals surface area contributed by atoms with Gasteiger partial charge in [-0.1, -0.05) is 54.6 Å². The number of hydrogen-bond donors (Lipinski definition) is 2. The van der Waals surface area contributed by atoms with E-state index in [0.29, 0.717) is 25.6 Å². The summed E-state index contributed by atoms with van der Waals surface area (Å²) in [5.41, 5.74) is 3.10. The Kier molecular flexibility index (Phi) is 8.09. The zero-order valence-corrected chi connectivity index (χ0v) is 17.5. The molecule has 0 saturated carbocycles. The van der Waals surface area contributed by atoms with Gasteiger partial charge in [-0.15, -0.1) is 0 Å². The van der Waals surface area contributed by atoms with Crippen LogP contribution in [0.15, 0.2) is 77.9 Å². The molecule has 6 heteroatoms. The van der Waals surface area contributed by atoms with Crippen LogP contribution in [0.1, 0.15) is 23.6 Å². The Labute approximate surface area is 178 Å². The molecular formula is C24H28N4O2. The number of rotatable bonds is 9. The highest BCUT2D eigenvalue weighted by atomic mass is 16.5. The molecule has 0 bridgehead atoms. The van der Waals surface area contributed by atoms with Crippen molar-refractivity contribution >= 4 is 5.96 Å². The minimum atomic E-state index is 0.458. The second kappa shape index (κ2) is 11.5. The van der Waals surface area contributed by atoms with Crippen molar-refractivity contribution in [3.05, 3.63) is 89.6 Å². The summed E-state index contributed by atoms with van der Waals surface area (Å²) >= 11 is 0. The molecule has 156 valence electrons. The Bertz CT molecular complexity index is 945. The van der Waals surface area contributed by atoms with Gasteiger partial charge in [0.1, 0.15) is 12.4 Å². The van der Waals surface area contributed by atoms with E-state index in [1.54, 1.807) is 13.3 Å². The summed E-state index contributed by atoms with van der Waals surface area (Å²) in [6.45, 7) is 4.35. The number of pyridine rings is 1. The summed E-state index contributed by atoms with van der Waals surface area (Å²) in [6, 6.07) is 21.9. The quantitative estimate of drug-likeness (QED) is 0.418. The molecule has 0 spiro atoms. The van der Waals surface area contributed by atoms with Crippen LogP contribution in [0.5, 0.6) is 11.6 Å². The molecule has 0 aliphatic rings. The van der Waals surface area contributed by atoms with Gasteiger partial charge >= 0.3 is 0 Å². The summed E-state index contributed by atoms with van der Waals surface area (Å²) in [7, 11) is 1.68. The van der Waals surface area contributed by atoms with Crippen LogP contribution < -0.4 is 20.1 Å². The molecule has 0 aliphatic heterocycles. The Balaban J connectivity index is 1.65. The highest BCUT2D eigenvalue weighted by Crippen LogP contribution is 2.18. The summed E-state index contributed by atoms with van der Waals surface area (Å²) in [6.07, 6.45) is 1.73. The number of aliphatic imine (C=N–C) groups is 1. The predicted octanol–water partition coefficient (Wildman–Crippen LogP) is 3.92. The fourth-order valence-corrected chi connectivity index (χ4v) is 2.93. The molecule has 1 heterocycles. The molecular weight excluding hydrogens is 376 g/mol. The van der Waals surface area contributed by atoms with Crippen LogP contribution in [0.2, 0.25) is 0 Å². The van der Waals surface area contributed by atoms with E-state index >= 15 is 0 Å². The van der Waals surface area contributed by atoms with Gasteiger partial charge in [-0.2, -0.15) is 0 Å². The first-order chi connectivity index (χ1) is 14.8. The monoisotopic (exact) mass is 404 g/mol. The smallest absolute Gasteiger partial charge is 0.218 e. The molecule has 3 aromatic rings. The zero-order valence-electron chi connectivity index (χ0n) is 17.5. The van der Waals surface area contributed by atoms with Crippen LogP contribution in [-0.4, -0.2) is 24.6 Å². The number of nitrogens with zero attached hydrogens (tertiary/aromatic N) is 2. The molecule has 0 fully saturated rings. The van der Waals surface area contributed by atoms with E-state index in [4.69, 9.17) is 14.5 Å². The van der Waals surface area contributed by atoms with Crippen LogP contribution in [0, 0.1) is 0 Å². The second-order valence-electron chi connectivity index (χ2n) is 6.60. The molecule has 1 aromatic heterocycles. The van der Waals surface area contributed by atoms with Crippen molar-refractivity contribution in [2.24, 2.45) is 4.99 Å². The third-order valence-electron chi connectivity index (χ3n) is 4.46. The number of methoxy groups -OCH3 is 1. The molecule has 3 rings (SSSR count). The third-order valence-corrected chi connectivity index (χ3v) is 4.46. The first kappa shape index (κ1) is 21.2. The average molecular weight is 405 g/mol. The van der Waals surface area contributed by atoms with Crippen LogP contribution in [-0.2, 0) is 19.7 Å². The van der Waals surface area contributed by atoms with Gasteiger partial charge in [-0.25, -0.2) is 9.98 Å². The van der Waals surface area contributed by atoms with E-state index in [0.717, 1.165) is 34.9 Å². The Hall–Kier alpha value is -3.54. The number of aromatic nitrogens is 1. The van der Waals surface area contributed by atoms with Crippen molar-refractivity contribution in [3.8, 4) is 11.6 Å². The van der Waals surface area contributed by atoms with E-state index < -0.39 is 0 Å². The van der Waals surface area contributed by atoms with Gasteiger partial charge < -0.3 is 20.1 Å². The maximum absolute atomic E-state index is 5.94. The van der Waals surface area contributed by atoms with Gasteiger partial charge in [-0.05, 0) is 24.6 Å². The van der Waals surface area contributed by atoms with Crippen LogP contribution >= 0.6 is 0 Å². The third kappa shape index (κ3) is 6.24. The van der Waals surface area contributed by atoms with Gasteiger partial charge in [0, 0.05) is 30.4 Å². The Morgan fingerprint density at radius 1 is 0.933 bits per heavy atom. The van der Waals surface area contributed by atoms with E-state index in [1.165, 1.54) is 0 Å². The molecule has 6 nitrogen and oxygen atoms in total. The lowest BCUT2D eigenvalue weighted by Crippen LogP contribution is -2.36. The summed E-state index contributed by atoms with van der Waals surface area (Å²) < 4.78 is 11.4. The standard InChI is InChI=1S/C24H28N4O2/c1-3-25-24(27-16-20-12-7-8-14-22(20)29-2)28-17-21-13-9-15-26-23(21)30-18-19-10-5-4-6-11-19/h4-15H,3,16-18H2,1-2H3,(H2,25,27,28). The van der Waals surface area contributed by atoms with E-state index in [9.17, 15) is 0 Å². The molecule has 0 aliphatic carbocycles. The first-order valence-electron chi connectivity index (χ1n) is 10.0. The van der Waals surface area contributed by atoms with E-state index in [2.05, 4.69) is 15.6 Å². The maximum Gasteiger partial charge on any atom is 0.218 e. The lowest BCUT2D eigenvalue weighted by Gasteiger charge is -2.14. The lowest BCUT2D eigenvalue weighted by atomic mass is 10.2. The van der Waals surface area contributed by atoms with Gasteiger partial charge in [0.05, 0.1) is 13.7 Å². The van der Waals surface area contributed by atoms with Gasteiger partial charge in [-0.3, -0.25) is 0 Å². The molecule has 0 unspecified atom stereocenters. The molecule has 2 aromatic carbocycles. The molecule has 2 N–H and O–H groups in total. The Morgan fingerprint density at radius 2 is 1.70 bits per heavy atom. The normalized spacial score (nSPS) is 11.1. The number of ether oxygens (including phenoxy) is 2. The lowest BCUT2D eigenvalue weighted by molar-refractivity contribution is 0.290. The van der Waals surface area contributed by atoms with Gasteiger partial charge in [0.2, 0.25) is 5.88 Å². The SMILES string of the molecule is CCNC(=NCc1cccnc1OCc1ccccc1)NCc1ccccc1OC. The highest BCUT2D eigenvalue weighted by Gasteiger charge is 2.07. The fraction of sp³-hybridized carbons (Fsp3) is 0.250. The van der Waals surface area contributed by atoms with Crippen molar-refractivity contribution in [2.45, 2.75) is 26.6 Å². The molecule has 0 saturated heterocycles. The first-order valence-corrected chi connectivity index (χ1v) is 10.0. The van der Waals surface area contributed by atoms with Crippen molar-refractivity contribution in [2.75, 3.05) is 13.7 Å². The fourth-order valence-electron chi connectivity index (χ4n) is 2.93. The van der Waals surface area contributed by atoms with E-state index in [-0.39, 0.29) is 0 Å². The molecule has 0 amide bonds. The zero-order chi connectivity index (χ0) is 21.0. The highest BCUT2D eigenvalue weighted by molar-refractivity contribution is 5.79. The maximum atomic E-state index is 5.94. The summed E-state index contributed by atoms with van der Waals surface area (Å²) in [5, 5.41) is 6.63. The van der Waals surface area contributed by atoms with Crippen molar-refractivity contribution in [1.82, 2.24) is 15.6 Å². The van der Waals surface area contributed by atoms with Crippen LogP contribution in [0.4, 0.5) is 0 Å². The summed E-state index contributed by atoms with van der Waals surface area (Å²) in [5.74, 6) is 2.18. The number of para-hydroxylation sites is 1. The minimum absolute atomic E-state index is 0.458. The number of nitrogens with one attached hydrogen (secondary N) is 2. The number of benzene rings is 2. The average Bonchev–Trinajstić information content (AvgIpc) is 2.81. The largest absolute Gasteiger partial charge is 0.496 e. The second-order valence-corrected chi connectivity index (χ2v) is 6.60. The van der Waals surface area contributed by atoms with Crippen molar-refractivity contribution in [1.29, 1.82) is 0 Å². The van der Waals surface area contributed by atoms with Gasteiger partial charge in [0.15, 0.2) is 5.96 Å². The van der Waals surface area contributed by atoms with Crippen LogP contribution in [0.3, 0.4) is 0 Å². The minimum Gasteiger partial charge on any atom is -0.496 e. The molecule has 0 atom stereocenters. The molecule has 30 heavy (non-hydrogen) atoms. The summed E-state index contributed by atoms with van der Waals surface area (Å²) in [4.78, 5) is 9.09. The van der Waals surface area contributed by atoms with E-state index in [1.807, 2.05) is 73.7 Å².